The summed E-state index contributed by atoms with van der Waals surface area (Å²) >= 11 is 0. The number of unbranched alkanes of at least 4 members (excludes halogenated alkanes) is 5. The maximum absolute atomic E-state index is 10.8. The van der Waals surface area contributed by atoms with Crippen molar-refractivity contribution >= 4 is 11.9 Å². The van der Waals surface area contributed by atoms with Gasteiger partial charge in [0.15, 0.2) is 0 Å². The molecule has 1 aromatic rings. The van der Waals surface area contributed by atoms with Crippen LogP contribution >= 0.6 is 0 Å². The number of allylic oxidation sites excluding steroid dienone is 2. The highest BCUT2D eigenvalue weighted by Crippen LogP contribution is 2.23. The second-order valence-electron chi connectivity index (χ2n) is 5.07. The molecule has 0 atom stereocenters. The summed E-state index contributed by atoms with van der Waals surface area (Å²) in [5, 5.41) is 0. The van der Waals surface area contributed by atoms with Crippen molar-refractivity contribution in [1.29, 1.82) is 0 Å². The van der Waals surface area contributed by atoms with Crippen molar-refractivity contribution in [2.75, 3.05) is 7.11 Å². The number of aldehydes is 1. The Morgan fingerprint density at radius 2 is 1.70 bits per heavy atom. The average molecular weight is 274 g/mol. The lowest BCUT2D eigenvalue weighted by molar-refractivity contribution is -0.104. The van der Waals surface area contributed by atoms with Gasteiger partial charge >= 0.3 is 0 Å². The molecule has 0 bridgehead atoms. The van der Waals surface area contributed by atoms with E-state index < -0.39 is 0 Å². The molecular weight excluding hydrogens is 248 g/mol. The van der Waals surface area contributed by atoms with E-state index in [0.29, 0.717) is 0 Å². The minimum atomic E-state index is 0.846. The summed E-state index contributed by atoms with van der Waals surface area (Å²) in [5.74, 6) is 0.846. The molecule has 0 saturated carbocycles. The van der Waals surface area contributed by atoms with Crippen molar-refractivity contribution in [3.8, 4) is 5.75 Å². The van der Waals surface area contributed by atoms with E-state index in [4.69, 9.17) is 4.74 Å². The average Bonchev–Trinajstić information content (AvgIpc) is 2.50. The number of carbonyl (C=O) groups is 1. The highest BCUT2D eigenvalue weighted by molar-refractivity contribution is 5.81. The Hall–Kier alpha value is -1.57. The third-order valence-corrected chi connectivity index (χ3v) is 3.53. The molecule has 0 aliphatic carbocycles. The zero-order chi connectivity index (χ0) is 14.6. The van der Waals surface area contributed by atoms with E-state index in [1.807, 2.05) is 24.3 Å². The second-order valence-corrected chi connectivity index (χ2v) is 5.07. The minimum absolute atomic E-state index is 0.846. The number of hydrogen-bond acceptors (Lipinski definition) is 2. The molecule has 0 radical (unpaired) electrons. The van der Waals surface area contributed by atoms with Gasteiger partial charge < -0.3 is 4.74 Å². The summed E-state index contributed by atoms with van der Waals surface area (Å²) in [7, 11) is 1.66. The van der Waals surface area contributed by atoms with Crippen molar-refractivity contribution in [2.45, 2.75) is 51.9 Å². The molecule has 0 fully saturated rings. The third kappa shape index (κ3) is 6.05. The van der Waals surface area contributed by atoms with Crippen LogP contribution in [0.4, 0.5) is 0 Å². The van der Waals surface area contributed by atoms with Crippen LogP contribution in [-0.2, 0) is 4.79 Å². The highest BCUT2D eigenvalue weighted by atomic mass is 16.5. The molecule has 0 amide bonds. The number of rotatable bonds is 10. The first-order valence-corrected chi connectivity index (χ1v) is 7.60. The van der Waals surface area contributed by atoms with Crippen LogP contribution in [-0.4, -0.2) is 13.4 Å². The van der Waals surface area contributed by atoms with E-state index in [1.165, 1.54) is 32.1 Å². The summed E-state index contributed by atoms with van der Waals surface area (Å²) in [4.78, 5) is 10.8. The first-order valence-electron chi connectivity index (χ1n) is 7.60. The Balaban J connectivity index is 2.47. The smallest absolute Gasteiger partial charge is 0.143 e. The van der Waals surface area contributed by atoms with Gasteiger partial charge in [0.25, 0.3) is 0 Å². The number of benzene rings is 1. The van der Waals surface area contributed by atoms with Crippen molar-refractivity contribution < 1.29 is 9.53 Å². The van der Waals surface area contributed by atoms with Gasteiger partial charge in [-0.15, -0.1) is 0 Å². The van der Waals surface area contributed by atoms with Gasteiger partial charge in [-0.05, 0) is 42.2 Å². The molecule has 0 N–H and O–H groups in total. The summed E-state index contributed by atoms with van der Waals surface area (Å²) in [5.41, 5.74) is 2.24. The molecule has 2 nitrogen and oxygen atoms in total. The molecule has 2 heteroatoms. The fourth-order valence-corrected chi connectivity index (χ4v) is 2.31. The quantitative estimate of drug-likeness (QED) is 0.340. The molecule has 0 spiro atoms. The number of hydrogen-bond donors (Lipinski definition) is 0. The Morgan fingerprint density at radius 3 is 2.30 bits per heavy atom. The number of ether oxygens (including phenoxy) is 1. The normalized spacial score (nSPS) is 11.4. The molecular formula is C18H26O2. The maximum Gasteiger partial charge on any atom is 0.143 e. The highest BCUT2D eigenvalue weighted by Gasteiger charge is 2.02. The zero-order valence-corrected chi connectivity index (χ0v) is 12.7. The number of carbonyl (C=O) groups excluding carboxylic acids is 1. The van der Waals surface area contributed by atoms with Crippen molar-refractivity contribution in [1.82, 2.24) is 0 Å². The van der Waals surface area contributed by atoms with Gasteiger partial charge in [-0.25, -0.2) is 0 Å². The second kappa shape index (κ2) is 10.2. The molecule has 0 aliphatic rings. The van der Waals surface area contributed by atoms with Crippen LogP contribution in [0.1, 0.15) is 57.4 Å². The van der Waals surface area contributed by atoms with Crippen LogP contribution in [0.5, 0.6) is 5.75 Å². The standard InChI is InChI=1S/C18H26O2/c1-3-4-5-6-7-8-9-16(14-15-19)17-10-12-18(20-2)13-11-17/h10-15H,3-9H2,1-2H3/b16-14-. The SMILES string of the molecule is CCCCCCCC/C(=C/C=O)c1ccc(OC)cc1. The monoisotopic (exact) mass is 274 g/mol. The van der Waals surface area contributed by atoms with E-state index >= 15 is 0 Å². The predicted molar refractivity (Wildman–Crippen MR) is 85.0 cm³/mol. The van der Waals surface area contributed by atoms with E-state index in [9.17, 15) is 4.79 Å². The van der Waals surface area contributed by atoms with Gasteiger partial charge in [0.2, 0.25) is 0 Å². The summed E-state index contributed by atoms with van der Waals surface area (Å²) in [6.07, 6.45) is 11.2. The zero-order valence-electron chi connectivity index (χ0n) is 12.7. The predicted octanol–water partition coefficient (Wildman–Crippen LogP) is 5.03. The minimum Gasteiger partial charge on any atom is -0.497 e. The van der Waals surface area contributed by atoms with Crippen LogP contribution < -0.4 is 4.74 Å². The van der Waals surface area contributed by atoms with E-state index in [-0.39, 0.29) is 0 Å². The Bertz CT molecular complexity index is 404. The molecule has 0 aliphatic heterocycles. The molecule has 20 heavy (non-hydrogen) atoms. The first-order chi connectivity index (χ1) is 9.81. The van der Waals surface area contributed by atoms with Crippen LogP contribution in [0.15, 0.2) is 30.3 Å². The lowest BCUT2D eigenvalue weighted by Gasteiger charge is -2.08. The molecule has 1 rings (SSSR count). The van der Waals surface area contributed by atoms with Crippen LogP contribution in [0.3, 0.4) is 0 Å². The molecule has 110 valence electrons. The fourth-order valence-electron chi connectivity index (χ4n) is 2.31. The maximum atomic E-state index is 10.8. The number of methoxy groups -OCH3 is 1. The fraction of sp³-hybridized carbons (Fsp3) is 0.500. The molecule has 0 unspecified atom stereocenters. The van der Waals surface area contributed by atoms with Gasteiger partial charge in [-0.1, -0.05) is 51.2 Å². The van der Waals surface area contributed by atoms with Crippen molar-refractivity contribution in [3.05, 3.63) is 35.9 Å². The Kier molecular flexibility index (Phi) is 8.44. The first kappa shape index (κ1) is 16.5. The summed E-state index contributed by atoms with van der Waals surface area (Å²) < 4.78 is 5.16. The van der Waals surface area contributed by atoms with Crippen molar-refractivity contribution in [2.24, 2.45) is 0 Å². The summed E-state index contributed by atoms with van der Waals surface area (Å²) in [6, 6.07) is 7.92. The van der Waals surface area contributed by atoms with Crippen LogP contribution in [0.2, 0.25) is 0 Å². The largest absolute Gasteiger partial charge is 0.497 e. The van der Waals surface area contributed by atoms with E-state index in [0.717, 1.165) is 36.0 Å². The van der Waals surface area contributed by atoms with Gasteiger partial charge in [0.05, 0.1) is 7.11 Å². The molecule has 1 aromatic carbocycles. The lowest BCUT2D eigenvalue weighted by atomic mass is 9.98. The third-order valence-electron chi connectivity index (χ3n) is 3.53. The van der Waals surface area contributed by atoms with Crippen molar-refractivity contribution in [3.63, 3.8) is 0 Å². The summed E-state index contributed by atoms with van der Waals surface area (Å²) in [6.45, 7) is 2.23. The van der Waals surface area contributed by atoms with Gasteiger partial charge in [-0.3, -0.25) is 4.79 Å². The van der Waals surface area contributed by atoms with Crippen LogP contribution in [0, 0.1) is 0 Å². The molecule has 0 heterocycles. The lowest BCUT2D eigenvalue weighted by Crippen LogP contribution is -1.89. The van der Waals surface area contributed by atoms with Crippen LogP contribution in [0.25, 0.3) is 5.57 Å². The van der Waals surface area contributed by atoms with Gasteiger partial charge in [0.1, 0.15) is 12.0 Å². The molecule has 0 aromatic heterocycles. The van der Waals surface area contributed by atoms with E-state index in [2.05, 4.69) is 6.92 Å². The van der Waals surface area contributed by atoms with E-state index in [1.54, 1.807) is 13.2 Å². The molecule has 0 saturated heterocycles. The Morgan fingerprint density at radius 1 is 1.05 bits per heavy atom. The van der Waals surface area contributed by atoms with Gasteiger partial charge in [-0.2, -0.15) is 0 Å². The Labute approximate surface area is 122 Å². The topological polar surface area (TPSA) is 26.3 Å². The van der Waals surface area contributed by atoms with Gasteiger partial charge in [0, 0.05) is 0 Å².